The number of benzene rings is 2. The fourth-order valence-electron chi connectivity index (χ4n) is 3.15. The van der Waals surface area contributed by atoms with Crippen molar-refractivity contribution < 1.29 is 9.72 Å². The van der Waals surface area contributed by atoms with Crippen LogP contribution in [-0.2, 0) is 0 Å². The van der Waals surface area contributed by atoms with Crippen LogP contribution in [0.3, 0.4) is 0 Å². The van der Waals surface area contributed by atoms with Gasteiger partial charge in [0.25, 0.3) is 0 Å². The van der Waals surface area contributed by atoms with E-state index in [-0.39, 0.29) is 16.4 Å². The number of ketones is 1. The first-order chi connectivity index (χ1) is 11.5. The fraction of sp³-hybridized carbons (Fsp3) is 0.278. The molecule has 0 spiro atoms. The Morgan fingerprint density at radius 2 is 1.75 bits per heavy atom. The second-order valence-electron chi connectivity index (χ2n) is 6.25. The molecule has 24 heavy (non-hydrogen) atoms. The van der Waals surface area contributed by atoms with E-state index in [0.29, 0.717) is 21.3 Å². The molecule has 0 atom stereocenters. The minimum atomic E-state index is -0.386. The molecule has 0 bridgehead atoms. The van der Waals surface area contributed by atoms with Crippen LogP contribution in [0.25, 0.3) is 0 Å². The molecule has 0 saturated carbocycles. The van der Waals surface area contributed by atoms with Crippen LogP contribution in [0.2, 0.25) is 0 Å². The normalized spacial score (nSPS) is 16.5. The summed E-state index contributed by atoms with van der Waals surface area (Å²) < 4.78 is 0.503. The van der Waals surface area contributed by atoms with Crippen LogP contribution >= 0.6 is 0 Å². The van der Waals surface area contributed by atoms with E-state index in [0.717, 1.165) is 26.2 Å². The Labute approximate surface area is 140 Å². The van der Waals surface area contributed by atoms with Crippen LogP contribution < -0.4 is 9.80 Å². The van der Waals surface area contributed by atoms with Gasteiger partial charge in [0.2, 0.25) is 5.69 Å². The SMILES string of the molecule is C[N+]1(c2ccc(C(=O)c3ccccc3)cc2[N+](=O)[O-])CCNCC1. The van der Waals surface area contributed by atoms with Crippen LogP contribution in [0.15, 0.2) is 48.5 Å². The van der Waals surface area contributed by atoms with E-state index in [9.17, 15) is 14.9 Å². The Kier molecular flexibility index (Phi) is 4.42. The van der Waals surface area contributed by atoms with Gasteiger partial charge in [-0.15, -0.1) is 0 Å². The predicted molar refractivity (Wildman–Crippen MR) is 93.3 cm³/mol. The topological polar surface area (TPSA) is 72.2 Å². The molecule has 2 aromatic carbocycles. The lowest BCUT2D eigenvalue weighted by molar-refractivity contribution is -0.384. The van der Waals surface area contributed by atoms with Crippen molar-refractivity contribution in [3.05, 3.63) is 69.8 Å². The van der Waals surface area contributed by atoms with Crippen molar-refractivity contribution in [2.75, 3.05) is 33.2 Å². The third kappa shape index (κ3) is 3.06. The van der Waals surface area contributed by atoms with Crippen molar-refractivity contribution in [2.24, 2.45) is 0 Å². The van der Waals surface area contributed by atoms with Crippen molar-refractivity contribution in [2.45, 2.75) is 0 Å². The molecule has 2 aromatic rings. The molecule has 0 aromatic heterocycles. The number of quaternary nitrogens is 1. The zero-order valence-corrected chi connectivity index (χ0v) is 13.6. The second kappa shape index (κ2) is 6.51. The predicted octanol–water partition coefficient (Wildman–Crippen LogP) is 2.37. The van der Waals surface area contributed by atoms with Gasteiger partial charge >= 0.3 is 5.69 Å². The standard InChI is InChI=1S/C18H20N3O3/c1-21(11-9-19-10-12-21)17-8-7-15(13-16(17)20(23)24)18(22)14-5-3-2-4-6-14/h2-8,13,19H,9-12H2,1H3/q+1. The molecule has 0 unspecified atom stereocenters. The number of nitro benzene ring substituents is 1. The number of carbonyl (C=O) groups is 1. The number of hydrogen-bond acceptors (Lipinski definition) is 4. The van der Waals surface area contributed by atoms with E-state index in [1.54, 1.807) is 36.4 Å². The quantitative estimate of drug-likeness (QED) is 0.405. The van der Waals surface area contributed by atoms with Gasteiger partial charge in [0, 0.05) is 36.3 Å². The van der Waals surface area contributed by atoms with E-state index in [4.69, 9.17) is 0 Å². The summed E-state index contributed by atoms with van der Waals surface area (Å²) in [5.41, 5.74) is 1.55. The van der Waals surface area contributed by atoms with Gasteiger partial charge in [-0.05, 0) is 6.07 Å². The summed E-state index contributed by atoms with van der Waals surface area (Å²) in [4.78, 5) is 23.8. The first kappa shape index (κ1) is 16.3. The molecule has 0 radical (unpaired) electrons. The molecule has 124 valence electrons. The van der Waals surface area contributed by atoms with Gasteiger partial charge < -0.3 is 5.32 Å². The molecule has 3 rings (SSSR count). The summed E-state index contributed by atoms with van der Waals surface area (Å²) in [5, 5.41) is 14.9. The van der Waals surface area contributed by atoms with Crippen molar-refractivity contribution in [3.8, 4) is 0 Å². The van der Waals surface area contributed by atoms with Gasteiger partial charge in [-0.3, -0.25) is 19.4 Å². The number of hydrogen-bond donors (Lipinski definition) is 1. The van der Waals surface area contributed by atoms with Crippen molar-refractivity contribution in [3.63, 3.8) is 0 Å². The Morgan fingerprint density at radius 3 is 2.38 bits per heavy atom. The first-order valence-corrected chi connectivity index (χ1v) is 7.95. The number of rotatable bonds is 4. The maximum absolute atomic E-state index is 12.6. The Hall–Kier alpha value is -2.57. The highest BCUT2D eigenvalue weighted by Gasteiger charge is 2.35. The molecule has 0 aliphatic carbocycles. The van der Waals surface area contributed by atoms with E-state index in [1.165, 1.54) is 6.07 Å². The summed E-state index contributed by atoms with van der Waals surface area (Å²) in [5.74, 6) is -0.201. The zero-order valence-electron chi connectivity index (χ0n) is 13.6. The number of nitrogens with zero attached hydrogens (tertiary/aromatic N) is 2. The summed E-state index contributed by atoms with van der Waals surface area (Å²) in [6.45, 7) is 3.20. The van der Waals surface area contributed by atoms with Crippen LogP contribution in [0.1, 0.15) is 15.9 Å². The molecule has 1 heterocycles. The van der Waals surface area contributed by atoms with Crippen molar-refractivity contribution >= 4 is 17.2 Å². The summed E-state index contributed by atoms with van der Waals surface area (Å²) in [6.07, 6.45) is 0. The molecular weight excluding hydrogens is 306 g/mol. The number of nitro groups is 1. The lowest BCUT2D eigenvalue weighted by atomic mass is 10.0. The molecule has 1 N–H and O–H groups in total. The monoisotopic (exact) mass is 326 g/mol. The smallest absolute Gasteiger partial charge is 0.306 e. The van der Waals surface area contributed by atoms with Gasteiger partial charge in [-0.25, -0.2) is 0 Å². The molecule has 1 aliphatic heterocycles. The van der Waals surface area contributed by atoms with Gasteiger partial charge in [0.05, 0.1) is 25.1 Å². The van der Waals surface area contributed by atoms with E-state index in [2.05, 4.69) is 5.32 Å². The van der Waals surface area contributed by atoms with Gasteiger partial charge in [-0.2, -0.15) is 0 Å². The number of piperazine rings is 1. The highest BCUT2D eigenvalue weighted by Crippen LogP contribution is 2.34. The summed E-state index contributed by atoms with van der Waals surface area (Å²) >= 11 is 0. The third-order valence-electron chi connectivity index (χ3n) is 4.62. The molecule has 6 heteroatoms. The highest BCUT2D eigenvalue weighted by atomic mass is 16.6. The lowest BCUT2D eigenvalue weighted by Gasteiger charge is -2.37. The first-order valence-electron chi connectivity index (χ1n) is 7.95. The number of carbonyl (C=O) groups excluding carboxylic acids is 1. The van der Waals surface area contributed by atoms with Crippen LogP contribution in [0.4, 0.5) is 11.4 Å². The number of nitrogens with one attached hydrogen (secondary N) is 1. The average Bonchev–Trinajstić information content (AvgIpc) is 2.62. The summed E-state index contributed by atoms with van der Waals surface area (Å²) in [7, 11) is 2.00. The van der Waals surface area contributed by atoms with Gasteiger partial charge in [0.1, 0.15) is 0 Å². The van der Waals surface area contributed by atoms with Crippen molar-refractivity contribution in [1.82, 2.24) is 9.80 Å². The Balaban J connectivity index is 2.02. The molecule has 1 fully saturated rings. The minimum Gasteiger partial charge on any atom is -0.306 e. The zero-order chi connectivity index (χ0) is 17.2. The molecule has 1 aliphatic rings. The van der Waals surface area contributed by atoms with Gasteiger partial charge in [-0.1, -0.05) is 30.3 Å². The van der Waals surface area contributed by atoms with E-state index in [1.807, 2.05) is 13.1 Å². The lowest BCUT2D eigenvalue weighted by Crippen LogP contribution is -2.57. The Bertz CT molecular complexity index is 768. The fourth-order valence-corrected chi connectivity index (χ4v) is 3.15. The average molecular weight is 326 g/mol. The number of likely N-dealkylation sites (N-methyl/N-ethyl adjacent to an activating group) is 1. The van der Waals surface area contributed by atoms with Crippen LogP contribution in [0.5, 0.6) is 0 Å². The van der Waals surface area contributed by atoms with Crippen LogP contribution in [-0.4, -0.2) is 43.9 Å². The van der Waals surface area contributed by atoms with E-state index < -0.39 is 0 Å². The largest absolute Gasteiger partial charge is 0.330 e. The molecular formula is C18H20N3O3+. The Morgan fingerprint density at radius 1 is 1.08 bits per heavy atom. The van der Waals surface area contributed by atoms with E-state index >= 15 is 0 Å². The maximum atomic E-state index is 12.6. The van der Waals surface area contributed by atoms with Gasteiger partial charge in [0.15, 0.2) is 5.78 Å². The highest BCUT2D eigenvalue weighted by molar-refractivity contribution is 6.09. The molecule has 6 nitrogen and oxygen atoms in total. The van der Waals surface area contributed by atoms with Crippen molar-refractivity contribution in [1.29, 1.82) is 0 Å². The maximum Gasteiger partial charge on any atom is 0.330 e. The summed E-state index contributed by atoms with van der Waals surface area (Å²) in [6, 6.07) is 13.7. The molecule has 1 saturated heterocycles. The second-order valence-corrected chi connectivity index (χ2v) is 6.25. The third-order valence-corrected chi connectivity index (χ3v) is 4.62. The molecule has 0 amide bonds. The van der Waals surface area contributed by atoms with Crippen LogP contribution in [0, 0.1) is 10.1 Å². The minimum absolute atomic E-state index is 0.0150.